The summed E-state index contributed by atoms with van der Waals surface area (Å²) in [5, 5.41) is 2.51. The minimum absolute atomic E-state index is 0.253. The van der Waals surface area contributed by atoms with E-state index in [0.717, 1.165) is 12.1 Å². The summed E-state index contributed by atoms with van der Waals surface area (Å²) in [7, 11) is 1.48. The molecule has 2 aromatic rings. The molecule has 2 aromatic carbocycles. The van der Waals surface area contributed by atoms with Crippen molar-refractivity contribution in [3.05, 3.63) is 54.1 Å². The smallest absolute Gasteiger partial charge is 0.416 e. The number of para-hydroxylation sites is 2. The highest BCUT2D eigenvalue weighted by atomic mass is 19.4. The van der Waals surface area contributed by atoms with E-state index in [2.05, 4.69) is 5.32 Å². The Kier molecular flexibility index (Phi) is 5.33. The molecule has 4 nitrogen and oxygen atoms in total. The van der Waals surface area contributed by atoms with E-state index in [-0.39, 0.29) is 5.69 Å². The number of alkyl halides is 3. The van der Waals surface area contributed by atoms with Gasteiger partial charge in [-0.15, -0.1) is 0 Å². The normalized spacial score (nSPS) is 12.4. The van der Waals surface area contributed by atoms with Crippen LogP contribution in [0.4, 0.5) is 18.9 Å². The Morgan fingerprint density at radius 3 is 2.17 bits per heavy atom. The van der Waals surface area contributed by atoms with Gasteiger partial charge in [-0.05, 0) is 43.3 Å². The van der Waals surface area contributed by atoms with Crippen LogP contribution in [-0.2, 0) is 11.0 Å². The molecule has 24 heavy (non-hydrogen) atoms. The highest BCUT2D eigenvalue weighted by molar-refractivity contribution is 5.94. The Bertz CT molecular complexity index is 699. The molecule has 0 aliphatic rings. The van der Waals surface area contributed by atoms with Crippen LogP contribution in [0.5, 0.6) is 11.5 Å². The van der Waals surface area contributed by atoms with Gasteiger partial charge in [-0.1, -0.05) is 12.1 Å². The van der Waals surface area contributed by atoms with Crippen LogP contribution in [0, 0.1) is 0 Å². The third-order valence-corrected chi connectivity index (χ3v) is 3.22. The van der Waals surface area contributed by atoms with E-state index in [1.54, 1.807) is 24.3 Å². The van der Waals surface area contributed by atoms with Gasteiger partial charge in [-0.3, -0.25) is 4.79 Å². The molecule has 1 amide bonds. The van der Waals surface area contributed by atoms with E-state index >= 15 is 0 Å². The number of rotatable bonds is 5. The molecule has 2 rings (SSSR count). The lowest BCUT2D eigenvalue weighted by molar-refractivity contribution is -0.137. The minimum Gasteiger partial charge on any atom is -0.493 e. The molecule has 0 saturated heterocycles. The van der Waals surface area contributed by atoms with Crippen molar-refractivity contribution in [1.29, 1.82) is 0 Å². The van der Waals surface area contributed by atoms with Crippen molar-refractivity contribution in [3.8, 4) is 11.5 Å². The maximum absolute atomic E-state index is 12.5. The average Bonchev–Trinajstić information content (AvgIpc) is 2.55. The molecule has 0 aliphatic carbocycles. The molecular weight excluding hydrogens is 323 g/mol. The van der Waals surface area contributed by atoms with Crippen LogP contribution in [0.1, 0.15) is 12.5 Å². The lowest BCUT2D eigenvalue weighted by atomic mass is 10.2. The van der Waals surface area contributed by atoms with Gasteiger partial charge in [0.2, 0.25) is 0 Å². The Hall–Kier alpha value is -2.70. The van der Waals surface area contributed by atoms with E-state index in [4.69, 9.17) is 9.47 Å². The first kappa shape index (κ1) is 17.7. The molecule has 128 valence electrons. The first-order valence-electron chi connectivity index (χ1n) is 7.09. The van der Waals surface area contributed by atoms with E-state index < -0.39 is 23.8 Å². The fraction of sp³-hybridized carbons (Fsp3) is 0.235. The maximum atomic E-state index is 12.5. The molecule has 1 N–H and O–H groups in total. The van der Waals surface area contributed by atoms with Crippen LogP contribution in [0.3, 0.4) is 0 Å². The standard InChI is InChI=1S/C17H16F3NO3/c1-11(24-15-6-4-3-5-14(15)23-2)16(22)21-13-9-7-12(8-10-13)17(18,19)20/h3-11H,1-2H3,(H,21,22). The highest BCUT2D eigenvalue weighted by Gasteiger charge is 2.30. The quantitative estimate of drug-likeness (QED) is 0.891. The molecule has 0 bridgehead atoms. The Labute approximate surface area is 137 Å². The molecular formula is C17H16F3NO3. The number of methoxy groups -OCH3 is 1. The van der Waals surface area contributed by atoms with Crippen molar-refractivity contribution < 1.29 is 27.4 Å². The molecule has 0 fully saturated rings. The number of anilines is 1. The first-order valence-corrected chi connectivity index (χ1v) is 7.09. The zero-order valence-electron chi connectivity index (χ0n) is 13.1. The number of amides is 1. The Morgan fingerprint density at radius 1 is 1.04 bits per heavy atom. The summed E-state index contributed by atoms with van der Waals surface area (Å²) >= 11 is 0. The second kappa shape index (κ2) is 7.25. The summed E-state index contributed by atoms with van der Waals surface area (Å²) in [4.78, 5) is 12.1. The molecule has 7 heteroatoms. The monoisotopic (exact) mass is 339 g/mol. The number of carbonyl (C=O) groups is 1. The second-order valence-corrected chi connectivity index (χ2v) is 4.98. The summed E-state index contributed by atoms with van der Waals surface area (Å²) in [6.45, 7) is 1.53. The zero-order chi connectivity index (χ0) is 17.7. The zero-order valence-corrected chi connectivity index (χ0v) is 13.1. The van der Waals surface area contributed by atoms with Crippen molar-refractivity contribution in [2.24, 2.45) is 0 Å². The van der Waals surface area contributed by atoms with E-state index in [0.29, 0.717) is 11.5 Å². The number of hydrogen-bond donors (Lipinski definition) is 1. The topological polar surface area (TPSA) is 47.6 Å². The summed E-state index contributed by atoms with van der Waals surface area (Å²) in [5.74, 6) is 0.391. The molecule has 0 saturated carbocycles. The molecule has 0 spiro atoms. The van der Waals surface area contributed by atoms with Crippen LogP contribution in [0.15, 0.2) is 48.5 Å². The third kappa shape index (κ3) is 4.41. The van der Waals surface area contributed by atoms with Gasteiger partial charge < -0.3 is 14.8 Å². The number of ether oxygens (including phenoxy) is 2. The first-order chi connectivity index (χ1) is 11.3. The van der Waals surface area contributed by atoms with Gasteiger partial charge in [0.1, 0.15) is 0 Å². The number of hydrogen-bond acceptors (Lipinski definition) is 3. The van der Waals surface area contributed by atoms with Gasteiger partial charge in [0.25, 0.3) is 5.91 Å². The van der Waals surface area contributed by atoms with Gasteiger partial charge in [-0.2, -0.15) is 13.2 Å². The summed E-state index contributed by atoms with van der Waals surface area (Å²) < 4.78 is 48.2. The van der Waals surface area contributed by atoms with Crippen molar-refractivity contribution in [1.82, 2.24) is 0 Å². The van der Waals surface area contributed by atoms with Crippen molar-refractivity contribution in [3.63, 3.8) is 0 Å². The van der Waals surface area contributed by atoms with E-state index in [1.165, 1.54) is 26.2 Å². The number of halogens is 3. The highest BCUT2D eigenvalue weighted by Crippen LogP contribution is 2.30. The molecule has 0 aromatic heterocycles. The molecule has 1 unspecified atom stereocenters. The largest absolute Gasteiger partial charge is 0.493 e. The SMILES string of the molecule is COc1ccccc1OC(C)C(=O)Nc1ccc(C(F)(F)F)cc1. The Balaban J connectivity index is 2.01. The fourth-order valence-corrected chi connectivity index (χ4v) is 1.95. The van der Waals surface area contributed by atoms with Crippen molar-refractivity contribution in [2.45, 2.75) is 19.2 Å². The van der Waals surface area contributed by atoms with Crippen LogP contribution in [-0.4, -0.2) is 19.1 Å². The summed E-state index contributed by atoms with van der Waals surface area (Å²) in [5.41, 5.74) is -0.526. The predicted octanol–water partition coefficient (Wildman–Crippen LogP) is 4.12. The molecule has 0 aliphatic heterocycles. The summed E-state index contributed by atoms with van der Waals surface area (Å²) in [6.07, 6.45) is -5.27. The van der Waals surface area contributed by atoms with Crippen molar-refractivity contribution >= 4 is 11.6 Å². The maximum Gasteiger partial charge on any atom is 0.416 e. The summed E-state index contributed by atoms with van der Waals surface area (Å²) in [6, 6.07) is 11.0. The number of benzene rings is 2. The predicted molar refractivity (Wildman–Crippen MR) is 83.2 cm³/mol. The molecule has 0 radical (unpaired) electrons. The van der Waals surface area contributed by atoms with Crippen LogP contribution in [0.2, 0.25) is 0 Å². The third-order valence-electron chi connectivity index (χ3n) is 3.22. The molecule has 1 atom stereocenters. The lowest BCUT2D eigenvalue weighted by Crippen LogP contribution is -2.30. The van der Waals surface area contributed by atoms with Gasteiger partial charge in [0.05, 0.1) is 12.7 Å². The minimum atomic E-state index is -4.41. The van der Waals surface area contributed by atoms with Crippen LogP contribution >= 0.6 is 0 Å². The second-order valence-electron chi connectivity index (χ2n) is 4.98. The van der Waals surface area contributed by atoms with E-state index in [1.807, 2.05) is 0 Å². The van der Waals surface area contributed by atoms with Gasteiger partial charge in [-0.25, -0.2) is 0 Å². The van der Waals surface area contributed by atoms with Crippen LogP contribution < -0.4 is 14.8 Å². The van der Waals surface area contributed by atoms with Crippen LogP contribution in [0.25, 0.3) is 0 Å². The average molecular weight is 339 g/mol. The van der Waals surface area contributed by atoms with E-state index in [9.17, 15) is 18.0 Å². The van der Waals surface area contributed by atoms with Gasteiger partial charge in [0, 0.05) is 5.69 Å². The van der Waals surface area contributed by atoms with Gasteiger partial charge in [0.15, 0.2) is 17.6 Å². The van der Waals surface area contributed by atoms with Gasteiger partial charge >= 0.3 is 6.18 Å². The number of nitrogens with one attached hydrogen (secondary N) is 1. The number of carbonyl (C=O) groups excluding carboxylic acids is 1. The molecule has 0 heterocycles. The fourth-order valence-electron chi connectivity index (χ4n) is 1.95. The lowest BCUT2D eigenvalue weighted by Gasteiger charge is -2.16. The van der Waals surface area contributed by atoms with Crippen molar-refractivity contribution in [2.75, 3.05) is 12.4 Å². The Morgan fingerprint density at radius 2 is 1.62 bits per heavy atom.